The number of ether oxygens (including phenoxy) is 1. The van der Waals surface area contributed by atoms with Crippen LogP contribution in [-0.2, 0) is 21.0 Å². The molecule has 0 aromatic heterocycles. The fraction of sp³-hybridized carbons (Fsp3) is 0.333. The Morgan fingerprint density at radius 1 is 1.06 bits per heavy atom. The lowest BCUT2D eigenvalue weighted by Crippen LogP contribution is -2.60. The molecule has 1 aliphatic carbocycles. The van der Waals surface area contributed by atoms with Crippen LogP contribution in [0.15, 0.2) is 60.2 Å². The van der Waals surface area contributed by atoms with E-state index < -0.39 is 45.7 Å². The third-order valence-electron chi connectivity index (χ3n) is 5.56. The third kappa shape index (κ3) is 3.23. The summed E-state index contributed by atoms with van der Waals surface area (Å²) in [6.07, 6.45) is 1.08. The van der Waals surface area contributed by atoms with Gasteiger partial charge < -0.3 is 10.1 Å². The molecule has 4 nitrogen and oxygen atoms in total. The van der Waals surface area contributed by atoms with Crippen molar-refractivity contribution in [3.05, 3.63) is 82.7 Å². The number of carbonyl (C=O) groups is 2. The lowest BCUT2D eigenvalue weighted by Gasteiger charge is -2.42. The Morgan fingerprint density at radius 2 is 1.71 bits per heavy atom. The van der Waals surface area contributed by atoms with E-state index in [1.807, 2.05) is 0 Å². The number of hydrogen-bond acceptors (Lipinski definition) is 3. The summed E-state index contributed by atoms with van der Waals surface area (Å²) < 4.78 is 53.5. The smallest absolute Gasteiger partial charge is 0.325 e. The summed E-state index contributed by atoms with van der Waals surface area (Å²) in [6, 6.07) is 11.1. The van der Waals surface area contributed by atoms with Crippen LogP contribution in [0.5, 0.6) is 0 Å². The number of carbonyl (C=O) groups excluding carboxylic acids is 2. The van der Waals surface area contributed by atoms with Crippen molar-refractivity contribution in [1.29, 1.82) is 0 Å². The molecule has 0 bridgehead atoms. The largest absolute Gasteiger partial charge is 0.465 e. The van der Waals surface area contributed by atoms with Gasteiger partial charge in [0.1, 0.15) is 5.82 Å². The quantitative estimate of drug-likeness (QED) is 0.408. The molecule has 2 aromatic carbocycles. The molecule has 3 unspecified atom stereocenters. The fourth-order valence-corrected chi connectivity index (χ4v) is 4.31. The maximum Gasteiger partial charge on any atom is 0.325 e. The molecule has 0 radical (unpaired) electrons. The second kappa shape index (κ2) is 7.87. The third-order valence-corrected chi connectivity index (χ3v) is 5.56. The summed E-state index contributed by atoms with van der Waals surface area (Å²) in [7, 11) is 0. The van der Waals surface area contributed by atoms with Gasteiger partial charge in [0.2, 0.25) is 5.79 Å². The summed E-state index contributed by atoms with van der Waals surface area (Å²) in [5, 5.41) is 2.19. The Kier molecular flexibility index (Phi) is 5.74. The Hall–Kier alpha value is -3.09. The molecule has 0 aliphatic heterocycles. The number of alkyl halides is 2. The van der Waals surface area contributed by atoms with Gasteiger partial charge in [-0.15, -0.1) is 0 Å². The van der Waals surface area contributed by atoms with E-state index in [0.29, 0.717) is 5.57 Å². The zero-order valence-corrected chi connectivity index (χ0v) is 17.8. The molecule has 0 heterocycles. The first-order valence-corrected chi connectivity index (χ1v) is 9.91. The molecule has 3 rings (SSSR count). The zero-order chi connectivity index (χ0) is 23.0. The van der Waals surface area contributed by atoms with Crippen LogP contribution in [0, 0.1) is 11.2 Å². The number of benzene rings is 2. The number of amides is 1. The minimum Gasteiger partial charge on any atom is -0.465 e. The number of esters is 1. The van der Waals surface area contributed by atoms with Crippen LogP contribution in [-0.4, -0.2) is 18.5 Å². The summed E-state index contributed by atoms with van der Waals surface area (Å²) >= 11 is 0. The summed E-state index contributed by atoms with van der Waals surface area (Å²) in [6.45, 7) is 5.37. The molecule has 1 amide bonds. The van der Waals surface area contributed by atoms with Crippen LogP contribution in [0.1, 0.15) is 49.2 Å². The average molecular weight is 431 g/mol. The van der Waals surface area contributed by atoms with E-state index in [4.69, 9.17) is 4.74 Å². The molecule has 0 fully saturated rings. The lowest BCUT2D eigenvalue weighted by atomic mass is 9.69. The van der Waals surface area contributed by atoms with Gasteiger partial charge in [0.25, 0.3) is 5.91 Å². The molecule has 1 aliphatic rings. The van der Waals surface area contributed by atoms with E-state index in [1.54, 1.807) is 32.0 Å². The van der Waals surface area contributed by atoms with E-state index in [0.717, 1.165) is 19.1 Å². The second-order valence-corrected chi connectivity index (χ2v) is 7.89. The predicted molar refractivity (Wildman–Crippen MR) is 110 cm³/mol. The van der Waals surface area contributed by atoms with E-state index in [-0.39, 0.29) is 12.2 Å². The Bertz CT molecular complexity index is 1050. The molecular weight excluding hydrogens is 407 g/mol. The molecule has 164 valence electrons. The van der Waals surface area contributed by atoms with Crippen LogP contribution in [0.4, 0.5) is 13.2 Å². The second-order valence-electron chi connectivity index (χ2n) is 7.89. The molecule has 2 aromatic rings. The van der Waals surface area contributed by atoms with Crippen molar-refractivity contribution in [2.45, 2.75) is 39.2 Å². The van der Waals surface area contributed by atoms with E-state index in [1.165, 1.54) is 31.2 Å². The van der Waals surface area contributed by atoms with E-state index in [9.17, 15) is 14.0 Å². The van der Waals surface area contributed by atoms with E-state index in [2.05, 4.69) is 5.32 Å². The SMILES string of the molecule is CCOC(=O)C1(C=C(C)C)C(C)(F)c2c(F)cccc2C1(F)NC(=O)c1ccccc1. The zero-order valence-electron chi connectivity index (χ0n) is 17.8. The van der Waals surface area contributed by atoms with Gasteiger partial charge in [0.15, 0.2) is 11.1 Å². The lowest BCUT2D eigenvalue weighted by molar-refractivity contribution is -0.177. The first kappa shape index (κ1) is 22.6. The van der Waals surface area contributed by atoms with Gasteiger partial charge in [-0.3, -0.25) is 9.59 Å². The number of rotatable bonds is 5. The fourth-order valence-electron chi connectivity index (χ4n) is 4.31. The number of hydrogen-bond donors (Lipinski definition) is 1. The van der Waals surface area contributed by atoms with Gasteiger partial charge >= 0.3 is 5.97 Å². The summed E-state index contributed by atoms with van der Waals surface area (Å²) in [5.41, 5.74) is -6.16. The van der Waals surface area contributed by atoms with Crippen molar-refractivity contribution in [2.24, 2.45) is 5.41 Å². The highest BCUT2D eigenvalue weighted by molar-refractivity contribution is 5.96. The normalized spacial score (nSPS) is 26.7. The van der Waals surface area contributed by atoms with Gasteiger partial charge in [0.05, 0.1) is 6.61 Å². The molecule has 0 spiro atoms. The first-order valence-electron chi connectivity index (χ1n) is 9.91. The van der Waals surface area contributed by atoms with Gasteiger partial charge in [-0.1, -0.05) is 42.0 Å². The monoisotopic (exact) mass is 431 g/mol. The van der Waals surface area contributed by atoms with Crippen molar-refractivity contribution in [1.82, 2.24) is 5.32 Å². The van der Waals surface area contributed by atoms with Crippen molar-refractivity contribution in [3.63, 3.8) is 0 Å². The van der Waals surface area contributed by atoms with Crippen molar-refractivity contribution >= 4 is 11.9 Å². The molecule has 1 N–H and O–H groups in total. The van der Waals surface area contributed by atoms with Gasteiger partial charge in [-0.05, 0) is 45.9 Å². The molecule has 0 saturated heterocycles. The molecule has 31 heavy (non-hydrogen) atoms. The molecule has 0 saturated carbocycles. The first-order chi connectivity index (χ1) is 14.5. The van der Waals surface area contributed by atoms with E-state index >= 15 is 8.78 Å². The predicted octanol–water partition coefficient (Wildman–Crippen LogP) is 5.09. The highest BCUT2D eigenvalue weighted by Crippen LogP contribution is 2.64. The summed E-state index contributed by atoms with van der Waals surface area (Å²) in [4.78, 5) is 26.1. The standard InChI is InChI=1S/C24H24F3NO3/c1-5-31-21(30)23(14-15(2)3)22(4,26)19-17(12-9-13-18(19)25)24(23,27)28-20(29)16-10-7-6-8-11-16/h6-14H,5H2,1-4H3,(H,28,29). The Labute approximate surface area is 179 Å². The highest BCUT2D eigenvalue weighted by atomic mass is 19.2. The van der Waals surface area contributed by atoms with Crippen molar-refractivity contribution in [3.8, 4) is 0 Å². The van der Waals surface area contributed by atoms with Crippen LogP contribution < -0.4 is 5.32 Å². The van der Waals surface area contributed by atoms with Crippen LogP contribution in [0.3, 0.4) is 0 Å². The Balaban J connectivity index is 2.35. The van der Waals surface area contributed by atoms with Crippen molar-refractivity contribution < 1.29 is 27.5 Å². The highest BCUT2D eigenvalue weighted by Gasteiger charge is 2.76. The van der Waals surface area contributed by atoms with Crippen LogP contribution >= 0.6 is 0 Å². The number of fused-ring (bicyclic) bond motifs is 1. The minimum atomic E-state index is -3.12. The number of nitrogens with one attached hydrogen (secondary N) is 1. The molecular formula is C24H24F3NO3. The van der Waals surface area contributed by atoms with Crippen LogP contribution in [0.25, 0.3) is 0 Å². The summed E-state index contributed by atoms with van der Waals surface area (Å²) in [5.74, 6) is -6.27. The van der Waals surface area contributed by atoms with Crippen LogP contribution in [0.2, 0.25) is 0 Å². The van der Waals surface area contributed by atoms with Gasteiger partial charge in [-0.2, -0.15) is 0 Å². The topological polar surface area (TPSA) is 55.4 Å². The maximum absolute atomic E-state index is 17.1. The van der Waals surface area contributed by atoms with Gasteiger partial charge in [0, 0.05) is 16.7 Å². The average Bonchev–Trinajstić information content (AvgIpc) is 2.85. The molecule has 3 atom stereocenters. The maximum atomic E-state index is 17.1. The Morgan fingerprint density at radius 3 is 2.29 bits per heavy atom. The van der Waals surface area contributed by atoms with Crippen molar-refractivity contribution in [2.75, 3.05) is 6.61 Å². The minimum absolute atomic E-state index is 0.0971. The number of halogens is 3. The number of allylic oxidation sites excluding steroid dienone is 1. The van der Waals surface area contributed by atoms with Gasteiger partial charge in [-0.25, -0.2) is 13.2 Å². The molecule has 7 heteroatoms.